The van der Waals surface area contributed by atoms with Crippen molar-refractivity contribution >= 4 is 24.1 Å². The first-order chi connectivity index (χ1) is 8.43. The average molecular weight is 248 g/mol. The number of fused-ring (bicyclic) bond motifs is 1. The summed E-state index contributed by atoms with van der Waals surface area (Å²) in [6.07, 6.45) is 3.46. The van der Waals surface area contributed by atoms with Crippen LogP contribution >= 0.6 is 0 Å². The van der Waals surface area contributed by atoms with Crippen LogP contribution in [0.3, 0.4) is 0 Å². The minimum Gasteiger partial charge on any atom is -0.491 e. The summed E-state index contributed by atoms with van der Waals surface area (Å²) in [6.45, 7) is 5.88. The van der Waals surface area contributed by atoms with Gasteiger partial charge in [-0.2, -0.15) is 0 Å². The lowest BCUT2D eigenvalue weighted by Crippen LogP contribution is -2.39. The molecule has 96 valence electrons. The van der Waals surface area contributed by atoms with Crippen LogP contribution < -0.4 is 16.3 Å². The number of esters is 1. The topological polar surface area (TPSA) is 74.4 Å². The lowest BCUT2D eigenvalue weighted by atomic mass is 10.1. The largest absolute Gasteiger partial charge is 0.491 e. The summed E-state index contributed by atoms with van der Waals surface area (Å²) in [6, 6.07) is 1.64. The van der Waals surface area contributed by atoms with Gasteiger partial charge in [-0.25, -0.2) is 9.78 Å². The molecule has 0 amide bonds. The Morgan fingerprint density at radius 2 is 2.28 bits per heavy atom. The molecule has 2 N–H and O–H groups in total. The molecule has 0 aliphatic carbocycles. The second-order valence-electron chi connectivity index (χ2n) is 4.60. The molecule has 1 aromatic rings. The molecule has 1 aromatic heterocycles. The fourth-order valence-corrected chi connectivity index (χ4v) is 1.72. The maximum atomic E-state index is 11.7. The Kier molecular flexibility index (Phi) is 2.98. The summed E-state index contributed by atoms with van der Waals surface area (Å²) >= 11 is 0. The van der Waals surface area contributed by atoms with Gasteiger partial charge >= 0.3 is 5.97 Å². The molecule has 0 spiro atoms. The van der Waals surface area contributed by atoms with Gasteiger partial charge in [-0.1, -0.05) is 0 Å². The molecule has 0 bridgehead atoms. The van der Waals surface area contributed by atoms with Gasteiger partial charge in [0.1, 0.15) is 17.0 Å². The molecule has 0 unspecified atom stereocenters. The van der Waals surface area contributed by atoms with Crippen LogP contribution in [0.1, 0.15) is 31.1 Å². The highest BCUT2D eigenvalue weighted by Crippen LogP contribution is 2.13. The number of nitrogens with two attached hydrogens (primary N) is 1. The van der Waals surface area contributed by atoms with Crippen LogP contribution in [0.25, 0.3) is 12.3 Å². The lowest BCUT2D eigenvalue weighted by Gasteiger charge is -2.22. The normalized spacial score (nSPS) is 15.7. The van der Waals surface area contributed by atoms with Gasteiger partial charge < -0.3 is 15.2 Å². The van der Waals surface area contributed by atoms with Crippen LogP contribution in [0.2, 0.25) is 0 Å². The molecule has 0 fully saturated rings. The van der Waals surface area contributed by atoms with E-state index in [9.17, 15) is 4.79 Å². The second kappa shape index (κ2) is 4.33. The van der Waals surface area contributed by atoms with Gasteiger partial charge in [0.15, 0.2) is 0 Å². The van der Waals surface area contributed by atoms with Crippen molar-refractivity contribution in [2.75, 3.05) is 12.3 Å². The van der Waals surface area contributed by atoms with Crippen LogP contribution in [-0.2, 0) is 9.47 Å². The Labute approximate surface area is 105 Å². The molecule has 0 radical (unpaired) electrons. The number of hydrogen-bond donors (Lipinski definition) is 1. The highest BCUT2D eigenvalue weighted by molar-refractivity contribution is 5.94. The molecule has 0 saturated carbocycles. The van der Waals surface area contributed by atoms with Crippen LogP contribution in [0.15, 0.2) is 6.07 Å². The van der Waals surface area contributed by atoms with Crippen LogP contribution in [0.5, 0.6) is 0 Å². The number of carbonyl (C=O) groups is 1. The maximum absolute atomic E-state index is 11.7. The first kappa shape index (κ1) is 12.4. The second-order valence-corrected chi connectivity index (χ2v) is 4.60. The van der Waals surface area contributed by atoms with Gasteiger partial charge in [0.25, 0.3) is 0 Å². The van der Waals surface area contributed by atoms with E-state index in [0.29, 0.717) is 6.61 Å². The number of pyridine rings is 1. The summed E-state index contributed by atoms with van der Waals surface area (Å²) < 4.78 is 10.4. The van der Waals surface area contributed by atoms with Gasteiger partial charge in [0.05, 0.1) is 18.2 Å². The highest BCUT2D eigenvalue weighted by atomic mass is 16.5. The van der Waals surface area contributed by atoms with Crippen molar-refractivity contribution in [2.24, 2.45) is 0 Å². The van der Waals surface area contributed by atoms with E-state index in [-0.39, 0.29) is 11.4 Å². The predicted octanol–water partition coefficient (Wildman–Crippen LogP) is 0.168. The Morgan fingerprint density at radius 3 is 2.94 bits per heavy atom. The Hall–Kier alpha value is -2.04. The van der Waals surface area contributed by atoms with Crippen LogP contribution in [0, 0.1) is 0 Å². The molecule has 2 heterocycles. The Morgan fingerprint density at radius 1 is 1.56 bits per heavy atom. The quantitative estimate of drug-likeness (QED) is 0.755. The first-order valence-corrected chi connectivity index (χ1v) is 5.77. The van der Waals surface area contributed by atoms with E-state index in [2.05, 4.69) is 4.98 Å². The number of hydrogen-bond acceptors (Lipinski definition) is 5. The van der Waals surface area contributed by atoms with Crippen molar-refractivity contribution in [1.29, 1.82) is 0 Å². The van der Waals surface area contributed by atoms with Gasteiger partial charge in [0.2, 0.25) is 0 Å². The van der Waals surface area contributed by atoms with E-state index < -0.39 is 11.6 Å². The number of rotatable bonds is 2. The van der Waals surface area contributed by atoms with Crippen molar-refractivity contribution in [2.45, 2.75) is 26.4 Å². The van der Waals surface area contributed by atoms with E-state index in [1.165, 1.54) is 0 Å². The van der Waals surface area contributed by atoms with Crippen LogP contribution in [-0.4, -0.2) is 23.2 Å². The van der Waals surface area contributed by atoms with E-state index >= 15 is 0 Å². The van der Waals surface area contributed by atoms with Crippen molar-refractivity contribution in [3.05, 3.63) is 22.2 Å². The minimum atomic E-state index is -0.469. The fourth-order valence-electron chi connectivity index (χ4n) is 1.72. The Bertz CT molecular complexity index is 605. The molecule has 18 heavy (non-hydrogen) atoms. The maximum Gasteiger partial charge on any atom is 0.341 e. The Balaban J connectivity index is 2.55. The predicted molar refractivity (Wildman–Crippen MR) is 67.9 cm³/mol. The van der Waals surface area contributed by atoms with E-state index in [4.69, 9.17) is 15.2 Å². The average Bonchev–Trinajstić information content (AvgIpc) is 2.27. The number of nitrogen functional groups attached to an aromatic ring is 1. The molecular weight excluding hydrogens is 232 g/mol. The summed E-state index contributed by atoms with van der Waals surface area (Å²) in [5, 5.41) is 1.45. The number of ether oxygens (including phenoxy) is 2. The zero-order valence-electron chi connectivity index (χ0n) is 10.7. The van der Waals surface area contributed by atoms with Gasteiger partial charge in [-0.3, -0.25) is 0 Å². The third-order valence-corrected chi connectivity index (χ3v) is 2.58. The van der Waals surface area contributed by atoms with Crippen molar-refractivity contribution in [3.8, 4) is 0 Å². The number of anilines is 1. The summed E-state index contributed by atoms with van der Waals surface area (Å²) in [4.78, 5) is 15.9. The number of carbonyl (C=O) groups excluding carboxylic acids is 1. The molecule has 2 rings (SSSR count). The summed E-state index contributed by atoms with van der Waals surface area (Å²) in [5.41, 5.74) is 5.63. The molecule has 0 aromatic carbocycles. The van der Waals surface area contributed by atoms with Gasteiger partial charge in [0, 0.05) is 5.22 Å². The molecule has 1 aliphatic rings. The first-order valence-electron chi connectivity index (χ1n) is 5.77. The fraction of sp³-hybridized carbons (Fsp3) is 0.385. The van der Waals surface area contributed by atoms with E-state index in [1.54, 1.807) is 19.3 Å². The molecule has 5 nitrogen and oxygen atoms in total. The molecular formula is C13H16N2O3. The van der Waals surface area contributed by atoms with E-state index in [1.807, 2.05) is 19.9 Å². The highest BCUT2D eigenvalue weighted by Gasteiger charge is 2.19. The van der Waals surface area contributed by atoms with Crippen molar-refractivity contribution in [1.82, 2.24) is 4.98 Å². The monoisotopic (exact) mass is 248 g/mol. The number of nitrogens with zero attached hydrogens (tertiary/aromatic N) is 1. The SMILES string of the molecule is CCOC(=O)c1cc2c(nc1N)=CC(C)(C)OC=2. The standard InChI is InChI=1S/C13H16N2O3/c1-4-17-12(16)9-5-8-7-18-13(2,3)6-10(8)15-11(9)14/h5-7H,4H2,1-3H3,(H2,14,15). The summed E-state index contributed by atoms with van der Waals surface area (Å²) in [7, 11) is 0. The molecule has 5 heteroatoms. The zero-order valence-corrected chi connectivity index (χ0v) is 10.7. The summed E-state index contributed by atoms with van der Waals surface area (Å²) in [5.74, 6) is -0.293. The van der Waals surface area contributed by atoms with Crippen molar-refractivity contribution in [3.63, 3.8) is 0 Å². The smallest absolute Gasteiger partial charge is 0.341 e. The van der Waals surface area contributed by atoms with Crippen LogP contribution in [0.4, 0.5) is 5.82 Å². The van der Waals surface area contributed by atoms with Gasteiger partial charge in [-0.05, 0) is 32.9 Å². The molecule has 1 aliphatic heterocycles. The number of aromatic nitrogens is 1. The minimum absolute atomic E-state index is 0.176. The molecule has 0 atom stereocenters. The van der Waals surface area contributed by atoms with Crippen molar-refractivity contribution < 1.29 is 14.3 Å². The molecule has 0 saturated heterocycles. The lowest BCUT2D eigenvalue weighted by molar-refractivity contribution is 0.0527. The third kappa shape index (κ3) is 2.30. The van der Waals surface area contributed by atoms with E-state index in [0.717, 1.165) is 10.6 Å². The van der Waals surface area contributed by atoms with Gasteiger partial charge in [-0.15, -0.1) is 0 Å². The zero-order chi connectivity index (χ0) is 13.3. The third-order valence-electron chi connectivity index (χ3n) is 2.58.